The van der Waals surface area contributed by atoms with Crippen molar-refractivity contribution in [3.05, 3.63) is 30.6 Å². The van der Waals surface area contributed by atoms with E-state index < -0.39 is 10.2 Å². The number of aromatic nitrogens is 1. The highest BCUT2D eigenvalue weighted by Crippen LogP contribution is 2.11. The molecule has 140 valence electrons. The van der Waals surface area contributed by atoms with Gasteiger partial charge in [0.15, 0.2) is 12.4 Å². The SMILES string of the molecule is CCCCCCCCCCCCC[n+]1ccccc1.[O-][Cl+3]([O-])([O-])[O-]. The molecule has 1 aromatic heterocycles. The van der Waals surface area contributed by atoms with Gasteiger partial charge in [-0.05, 0) is 6.42 Å². The summed E-state index contributed by atoms with van der Waals surface area (Å²) in [4.78, 5) is 0. The molecule has 0 unspecified atom stereocenters. The number of unbranched alkanes of at least 4 members (excludes halogenated alkanes) is 10. The van der Waals surface area contributed by atoms with Crippen molar-refractivity contribution >= 4 is 0 Å². The predicted octanol–water partition coefficient (Wildman–Crippen LogP) is 0.529. The summed E-state index contributed by atoms with van der Waals surface area (Å²) in [5, 5.41) is 0. The minimum Gasteiger partial charge on any atom is -0.222 e. The molecule has 0 fully saturated rings. The zero-order valence-corrected chi connectivity index (χ0v) is 15.6. The van der Waals surface area contributed by atoms with E-state index in [0.29, 0.717) is 0 Å². The molecule has 0 aromatic carbocycles. The van der Waals surface area contributed by atoms with E-state index in [1.54, 1.807) is 0 Å². The molecule has 24 heavy (non-hydrogen) atoms. The fraction of sp³-hybridized carbons (Fsp3) is 0.722. The minimum absolute atomic E-state index is 1.18. The van der Waals surface area contributed by atoms with Crippen LogP contribution >= 0.6 is 0 Å². The fourth-order valence-corrected chi connectivity index (χ4v) is 2.54. The summed E-state index contributed by atoms with van der Waals surface area (Å²) in [5.74, 6) is 0. The van der Waals surface area contributed by atoms with Gasteiger partial charge < -0.3 is 0 Å². The smallest absolute Gasteiger partial charge is 0.168 e. The van der Waals surface area contributed by atoms with Gasteiger partial charge in [0.1, 0.15) is 6.54 Å². The van der Waals surface area contributed by atoms with Gasteiger partial charge >= 0.3 is 0 Å². The topological polar surface area (TPSA) is 96.1 Å². The lowest BCUT2D eigenvalue weighted by Gasteiger charge is -2.17. The summed E-state index contributed by atoms with van der Waals surface area (Å²) < 4.78 is 36.3. The maximum Gasteiger partial charge on any atom is 0.168 e. The molecular weight excluding hydrogens is 330 g/mol. The molecule has 0 atom stereocenters. The first-order valence-corrected chi connectivity index (χ1v) is 10.2. The molecule has 5 nitrogen and oxygen atoms in total. The van der Waals surface area contributed by atoms with Crippen LogP contribution in [0.15, 0.2) is 30.6 Å². The van der Waals surface area contributed by atoms with Crippen molar-refractivity contribution < 1.29 is 33.4 Å². The summed E-state index contributed by atoms with van der Waals surface area (Å²) in [7, 11) is -4.94. The van der Waals surface area contributed by atoms with Crippen molar-refractivity contribution in [3.63, 3.8) is 0 Å². The molecule has 0 N–H and O–H groups in total. The third-order valence-electron chi connectivity index (χ3n) is 3.80. The number of hydrogen-bond donors (Lipinski definition) is 0. The highest BCUT2D eigenvalue weighted by Gasteiger charge is 1.97. The van der Waals surface area contributed by atoms with Crippen molar-refractivity contribution in [2.24, 2.45) is 0 Å². The van der Waals surface area contributed by atoms with Gasteiger partial charge in [0.25, 0.3) is 0 Å². The van der Waals surface area contributed by atoms with E-state index in [2.05, 4.69) is 42.1 Å². The van der Waals surface area contributed by atoms with Crippen LogP contribution in [0.25, 0.3) is 0 Å². The quantitative estimate of drug-likeness (QED) is 0.400. The summed E-state index contributed by atoms with van der Waals surface area (Å²) in [6, 6.07) is 6.30. The van der Waals surface area contributed by atoms with Gasteiger partial charge in [-0.1, -0.05) is 70.8 Å². The molecular formula is C18H32ClNO4. The molecule has 0 radical (unpaired) electrons. The molecule has 0 amide bonds. The molecule has 1 rings (SSSR count). The Morgan fingerprint density at radius 2 is 1.00 bits per heavy atom. The van der Waals surface area contributed by atoms with Crippen molar-refractivity contribution in [1.29, 1.82) is 0 Å². The lowest BCUT2D eigenvalue weighted by Crippen LogP contribution is -2.68. The fourth-order valence-electron chi connectivity index (χ4n) is 2.54. The largest absolute Gasteiger partial charge is 0.222 e. The van der Waals surface area contributed by atoms with E-state index in [4.69, 9.17) is 18.6 Å². The summed E-state index contributed by atoms with van der Waals surface area (Å²) in [5.41, 5.74) is 0. The molecule has 0 aliphatic heterocycles. The number of pyridine rings is 1. The van der Waals surface area contributed by atoms with Gasteiger partial charge in [-0.25, -0.2) is 23.2 Å². The number of nitrogens with zero attached hydrogens (tertiary/aromatic N) is 1. The molecule has 0 saturated carbocycles. The third kappa shape index (κ3) is 21.3. The summed E-state index contributed by atoms with van der Waals surface area (Å²) >= 11 is 0. The standard InChI is InChI=1S/C18H32N.ClHO4/c1-2-3-4-5-6-7-8-9-10-11-13-16-19-17-14-12-15-18-19;2-1(3,4)5/h12,14-15,17-18H,2-11,13,16H2,1H3;(H,2,3,4,5)/q+1;/p-1. The minimum atomic E-state index is -4.94. The zero-order chi connectivity index (χ0) is 18.1. The van der Waals surface area contributed by atoms with Crippen LogP contribution < -0.4 is 23.2 Å². The zero-order valence-electron chi connectivity index (χ0n) is 14.8. The molecule has 1 heterocycles. The monoisotopic (exact) mass is 361 g/mol. The highest BCUT2D eigenvalue weighted by molar-refractivity contribution is 4.83. The second-order valence-corrected chi connectivity index (χ2v) is 6.78. The first-order valence-electron chi connectivity index (χ1n) is 8.99. The Morgan fingerprint density at radius 1 is 0.625 bits per heavy atom. The van der Waals surface area contributed by atoms with Crippen LogP contribution in [0.4, 0.5) is 0 Å². The van der Waals surface area contributed by atoms with Crippen molar-refractivity contribution in [2.75, 3.05) is 0 Å². The van der Waals surface area contributed by atoms with Crippen LogP contribution in [-0.4, -0.2) is 0 Å². The van der Waals surface area contributed by atoms with Crippen molar-refractivity contribution in [1.82, 2.24) is 0 Å². The van der Waals surface area contributed by atoms with Gasteiger partial charge in [0, 0.05) is 18.6 Å². The Balaban J connectivity index is 0.000000922. The Kier molecular flexibility index (Phi) is 15.3. The normalized spacial score (nSPS) is 11.0. The third-order valence-corrected chi connectivity index (χ3v) is 3.80. The average molecular weight is 362 g/mol. The summed E-state index contributed by atoms with van der Waals surface area (Å²) in [6.45, 7) is 3.46. The number of halogens is 1. The number of hydrogen-bond acceptors (Lipinski definition) is 4. The predicted molar refractivity (Wildman–Crippen MR) is 83.1 cm³/mol. The Morgan fingerprint density at radius 3 is 1.42 bits per heavy atom. The lowest BCUT2D eigenvalue weighted by atomic mass is 10.1. The van der Waals surface area contributed by atoms with Crippen LogP contribution in [0, 0.1) is 10.2 Å². The molecule has 6 heteroatoms. The van der Waals surface area contributed by atoms with Gasteiger partial charge in [-0.3, -0.25) is 0 Å². The Hall–Kier alpha value is -0.720. The van der Waals surface area contributed by atoms with Crippen LogP contribution in [0.2, 0.25) is 0 Å². The molecule has 0 spiro atoms. The van der Waals surface area contributed by atoms with Gasteiger partial charge in [0.05, 0.1) is 0 Å². The van der Waals surface area contributed by atoms with Gasteiger partial charge in [-0.15, -0.1) is 10.2 Å². The highest BCUT2D eigenvalue weighted by atomic mass is 35.7. The van der Waals surface area contributed by atoms with Gasteiger partial charge in [0.2, 0.25) is 0 Å². The second-order valence-electron chi connectivity index (χ2n) is 6.03. The first-order chi connectivity index (χ1) is 11.4. The maximum atomic E-state index is 8.49. The Labute approximate surface area is 148 Å². The maximum absolute atomic E-state index is 8.49. The van der Waals surface area contributed by atoms with E-state index in [9.17, 15) is 0 Å². The van der Waals surface area contributed by atoms with Crippen LogP contribution in [0.1, 0.15) is 77.6 Å². The van der Waals surface area contributed by atoms with Crippen LogP contribution in [0.3, 0.4) is 0 Å². The van der Waals surface area contributed by atoms with Crippen LogP contribution in [0.5, 0.6) is 0 Å². The molecule has 0 saturated heterocycles. The van der Waals surface area contributed by atoms with Gasteiger partial charge in [-0.2, -0.15) is 0 Å². The number of aryl methyl sites for hydroxylation is 1. The average Bonchev–Trinajstić information content (AvgIpc) is 2.52. The van der Waals surface area contributed by atoms with Crippen molar-refractivity contribution in [3.8, 4) is 0 Å². The molecule has 0 bridgehead atoms. The first kappa shape index (κ1) is 23.3. The molecule has 1 aromatic rings. The summed E-state index contributed by atoms with van der Waals surface area (Å²) in [6.07, 6.45) is 20.0. The second kappa shape index (κ2) is 15.8. The lowest BCUT2D eigenvalue weighted by molar-refractivity contribution is -2.00. The number of rotatable bonds is 12. The Bertz CT molecular complexity index is 365. The molecule has 0 aliphatic rings. The van der Waals surface area contributed by atoms with E-state index >= 15 is 0 Å². The van der Waals surface area contributed by atoms with Crippen LogP contribution in [-0.2, 0) is 6.54 Å². The molecule has 0 aliphatic carbocycles. The van der Waals surface area contributed by atoms with E-state index in [0.717, 1.165) is 0 Å². The van der Waals surface area contributed by atoms with E-state index in [-0.39, 0.29) is 0 Å². The van der Waals surface area contributed by atoms with E-state index in [1.165, 1.54) is 77.2 Å². The van der Waals surface area contributed by atoms with Crippen molar-refractivity contribution in [2.45, 2.75) is 84.1 Å². The van der Waals surface area contributed by atoms with E-state index in [1.807, 2.05) is 0 Å².